The predicted molar refractivity (Wildman–Crippen MR) is 77.9 cm³/mol. The number of aryl methyl sites for hydroxylation is 1. The van der Waals surface area contributed by atoms with E-state index < -0.39 is 25.5 Å². The first-order valence-corrected chi connectivity index (χ1v) is 7.56. The van der Waals surface area contributed by atoms with Crippen LogP contribution in [-0.4, -0.2) is 18.3 Å². The Balaban J connectivity index is 2.52. The number of nitro groups is 1. The summed E-state index contributed by atoms with van der Waals surface area (Å²) in [5.41, 5.74) is -0.233. The third-order valence-electron chi connectivity index (χ3n) is 2.62. The molecule has 0 bridgehead atoms. The second-order valence-corrected chi connectivity index (χ2v) is 6.20. The summed E-state index contributed by atoms with van der Waals surface area (Å²) in [5.74, 6) is -0.0138. The number of hydrogen-bond acceptors (Lipinski definition) is 5. The van der Waals surface area contributed by atoms with Gasteiger partial charge in [-0.1, -0.05) is 23.7 Å². The van der Waals surface area contributed by atoms with Crippen LogP contribution in [0.3, 0.4) is 0 Å². The average molecular weight is 328 g/mol. The van der Waals surface area contributed by atoms with E-state index in [1.165, 1.54) is 37.4 Å². The molecular weight excluding hydrogens is 318 g/mol. The van der Waals surface area contributed by atoms with E-state index in [0.29, 0.717) is 5.02 Å². The first-order valence-electron chi connectivity index (χ1n) is 5.69. The Morgan fingerprint density at radius 3 is 2.67 bits per heavy atom. The maximum Gasteiger partial charge on any atom is 0.290 e. The molecule has 0 aliphatic carbocycles. The van der Waals surface area contributed by atoms with Gasteiger partial charge < -0.3 is 0 Å². The van der Waals surface area contributed by atoms with Crippen molar-refractivity contribution in [3.63, 3.8) is 0 Å². The van der Waals surface area contributed by atoms with Crippen molar-refractivity contribution in [2.45, 2.75) is 11.8 Å². The normalized spacial score (nSPS) is 11.1. The minimum absolute atomic E-state index is 0.0138. The van der Waals surface area contributed by atoms with Gasteiger partial charge in [0.25, 0.3) is 15.7 Å². The molecule has 2 rings (SSSR count). The summed E-state index contributed by atoms with van der Waals surface area (Å²) in [6.07, 6.45) is 1.33. The van der Waals surface area contributed by atoms with Crippen LogP contribution in [0.5, 0.6) is 0 Å². The SMILES string of the molecule is Cc1cccc([N+](=O)[O-])c1S(=O)(=O)Nc1cc(Cl)ccn1. The number of sulfonamides is 1. The first kappa shape index (κ1) is 15.2. The van der Waals surface area contributed by atoms with Gasteiger partial charge in [-0.05, 0) is 18.6 Å². The number of pyridine rings is 1. The second kappa shape index (κ2) is 5.66. The summed E-state index contributed by atoms with van der Waals surface area (Å²) in [4.78, 5) is 13.7. The van der Waals surface area contributed by atoms with Crippen LogP contribution in [0.1, 0.15) is 5.56 Å². The predicted octanol–water partition coefficient (Wildman–Crippen LogP) is 2.75. The lowest BCUT2D eigenvalue weighted by Crippen LogP contribution is -2.16. The molecule has 0 atom stereocenters. The molecule has 9 heteroatoms. The number of rotatable bonds is 4. The molecule has 2 aromatic rings. The Labute approximate surface area is 125 Å². The van der Waals surface area contributed by atoms with Crippen LogP contribution in [0.15, 0.2) is 41.4 Å². The van der Waals surface area contributed by atoms with Crippen LogP contribution in [0.2, 0.25) is 5.02 Å². The number of nitrogens with one attached hydrogen (secondary N) is 1. The highest BCUT2D eigenvalue weighted by atomic mass is 35.5. The smallest absolute Gasteiger partial charge is 0.263 e. The summed E-state index contributed by atoms with van der Waals surface area (Å²) in [6, 6.07) is 6.82. The van der Waals surface area contributed by atoms with E-state index in [2.05, 4.69) is 9.71 Å². The van der Waals surface area contributed by atoms with Crippen LogP contribution < -0.4 is 4.72 Å². The lowest BCUT2D eigenvalue weighted by molar-refractivity contribution is -0.387. The van der Waals surface area contributed by atoms with Crippen LogP contribution in [0.25, 0.3) is 0 Å². The molecule has 0 unspecified atom stereocenters. The zero-order valence-electron chi connectivity index (χ0n) is 10.8. The molecule has 0 saturated heterocycles. The topological polar surface area (TPSA) is 102 Å². The lowest BCUT2D eigenvalue weighted by Gasteiger charge is -2.10. The molecule has 0 aliphatic rings. The Kier molecular flexibility index (Phi) is 4.10. The number of halogens is 1. The molecule has 21 heavy (non-hydrogen) atoms. The van der Waals surface area contributed by atoms with Crippen molar-refractivity contribution in [2.75, 3.05) is 4.72 Å². The van der Waals surface area contributed by atoms with Crippen molar-refractivity contribution in [3.8, 4) is 0 Å². The van der Waals surface area contributed by atoms with Gasteiger partial charge in [0.2, 0.25) is 0 Å². The van der Waals surface area contributed by atoms with E-state index >= 15 is 0 Å². The Morgan fingerprint density at radius 2 is 2.05 bits per heavy atom. The maximum absolute atomic E-state index is 12.4. The highest BCUT2D eigenvalue weighted by Crippen LogP contribution is 2.28. The summed E-state index contributed by atoms with van der Waals surface area (Å²) in [7, 11) is -4.15. The molecule has 7 nitrogen and oxygen atoms in total. The molecule has 1 N–H and O–H groups in total. The van der Waals surface area contributed by atoms with Crippen molar-refractivity contribution in [1.29, 1.82) is 0 Å². The fourth-order valence-electron chi connectivity index (χ4n) is 1.78. The van der Waals surface area contributed by atoms with Gasteiger partial charge in [0.05, 0.1) is 4.92 Å². The fourth-order valence-corrected chi connectivity index (χ4v) is 3.34. The number of anilines is 1. The van der Waals surface area contributed by atoms with Crippen LogP contribution in [-0.2, 0) is 10.0 Å². The molecule has 0 radical (unpaired) electrons. The number of benzene rings is 1. The fraction of sp³-hybridized carbons (Fsp3) is 0.0833. The Morgan fingerprint density at radius 1 is 1.33 bits per heavy atom. The minimum atomic E-state index is -4.15. The number of aromatic nitrogens is 1. The van der Waals surface area contributed by atoms with Gasteiger partial charge >= 0.3 is 0 Å². The van der Waals surface area contributed by atoms with Crippen LogP contribution in [0.4, 0.5) is 11.5 Å². The Bertz CT molecular complexity index is 808. The number of hydrogen-bond donors (Lipinski definition) is 1. The van der Waals surface area contributed by atoms with E-state index in [-0.39, 0.29) is 11.4 Å². The van der Waals surface area contributed by atoms with Gasteiger partial charge in [-0.15, -0.1) is 0 Å². The third-order valence-corrected chi connectivity index (χ3v) is 4.40. The van der Waals surface area contributed by atoms with E-state index in [9.17, 15) is 18.5 Å². The number of nitrogens with zero attached hydrogens (tertiary/aromatic N) is 2. The molecule has 1 heterocycles. The molecule has 0 aliphatic heterocycles. The zero-order chi connectivity index (χ0) is 15.6. The molecule has 0 saturated carbocycles. The van der Waals surface area contributed by atoms with Crippen molar-refractivity contribution in [3.05, 3.63) is 57.2 Å². The highest BCUT2D eigenvalue weighted by Gasteiger charge is 2.28. The molecule has 1 aromatic carbocycles. The van der Waals surface area contributed by atoms with Crippen LogP contribution >= 0.6 is 11.6 Å². The van der Waals surface area contributed by atoms with Gasteiger partial charge in [-0.3, -0.25) is 14.8 Å². The lowest BCUT2D eigenvalue weighted by atomic mass is 10.2. The standard InChI is InChI=1S/C12H10ClN3O4S/c1-8-3-2-4-10(16(17)18)12(8)21(19,20)15-11-7-9(13)5-6-14-11/h2-7H,1H3,(H,14,15). The van der Waals surface area contributed by atoms with Crippen molar-refractivity contribution in [1.82, 2.24) is 4.98 Å². The van der Waals surface area contributed by atoms with E-state index in [0.717, 1.165) is 6.07 Å². The quantitative estimate of drug-likeness (QED) is 0.687. The molecular formula is C12H10ClN3O4S. The third kappa shape index (κ3) is 3.29. The monoisotopic (exact) mass is 327 g/mol. The van der Waals surface area contributed by atoms with E-state index in [4.69, 9.17) is 11.6 Å². The highest BCUT2D eigenvalue weighted by molar-refractivity contribution is 7.93. The largest absolute Gasteiger partial charge is 0.290 e. The van der Waals surface area contributed by atoms with Gasteiger partial charge in [-0.2, -0.15) is 0 Å². The minimum Gasteiger partial charge on any atom is -0.263 e. The summed E-state index contributed by atoms with van der Waals surface area (Å²) < 4.78 is 26.9. The van der Waals surface area contributed by atoms with Gasteiger partial charge in [0.15, 0.2) is 4.90 Å². The molecule has 1 aromatic heterocycles. The number of nitro benzene ring substituents is 1. The Hall–Kier alpha value is -2.19. The maximum atomic E-state index is 12.4. The second-order valence-electron chi connectivity index (χ2n) is 4.15. The molecule has 0 amide bonds. The van der Waals surface area contributed by atoms with Crippen LogP contribution in [0, 0.1) is 17.0 Å². The van der Waals surface area contributed by atoms with Crippen molar-refractivity contribution >= 4 is 33.1 Å². The van der Waals surface area contributed by atoms with E-state index in [1.54, 1.807) is 0 Å². The van der Waals surface area contributed by atoms with Gasteiger partial charge in [-0.25, -0.2) is 13.4 Å². The molecule has 110 valence electrons. The summed E-state index contributed by atoms with van der Waals surface area (Å²) >= 11 is 5.75. The average Bonchev–Trinajstić information content (AvgIpc) is 2.37. The summed E-state index contributed by atoms with van der Waals surface area (Å²) in [5, 5.41) is 11.3. The van der Waals surface area contributed by atoms with Gasteiger partial charge in [0, 0.05) is 23.4 Å². The van der Waals surface area contributed by atoms with Gasteiger partial charge in [0.1, 0.15) is 5.82 Å². The van der Waals surface area contributed by atoms with Crippen molar-refractivity contribution < 1.29 is 13.3 Å². The summed E-state index contributed by atoms with van der Waals surface area (Å²) in [6.45, 7) is 1.48. The molecule has 0 fully saturated rings. The van der Waals surface area contributed by atoms with Crippen molar-refractivity contribution in [2.24, 2.45) is 0 Å². The molecule has 0 spiro atoms. The van der Waals surface area contributed by atoms with E-state index in [1.807, 2.05) is 0 Å². The first-order chi connectivity index (χ1) is 9.81. The zero-order valence-corrected chi connectivity index (χ0v) is 12.4.